The molecule has 8 heteroatoms. The van der Waals surface area contributed by atoms with Crippen molar-refractivity contribution in [2.75, 3.05) is 5.32 Å². The standard InChI is InChI=1S/C11H12ClN5O2/c1-2-17-6-14-16-9(17)5-13-10-7(11(18)19)3-4-8(12)15-10/h3-4,6H,2,5H2,1H3,(H,13,15)(H,18,19). The van der Waals surface area contributed by atoms with Crippen LogP contribution in [0.15, 0.2) is 18.5 Å². The monoisotopic (exact) mass is 281 g/mol. The largest absolute Gasteiger partial charge is 0.478 e. The summed E-state index contributed by atoms with van der Waals surface area (Å²) in [4.78, 5) is 15.0. The van der Waals surface area contributed by atoms with Gasteiger partial charge >= 0.3 is 5.97 Å². The van der Waals surface area contributed by atoms with Gasteiger partial charge in [-0.05, 0) is 19.1 Å². The third-order valence-electron chi connectivity index (χ3n) is 2.54. The Kier molecular flexibility index (Phi) is 3.96. The van der Waals surface area contributed by atoms with Gasteiger partial charge in [0.15, 0.2) is 5.82 Å². The van der Waals surface area contributed by atoms with Gasteiger partial charge in [-0.2, -0.15) is 0 Å². The minimum Gasteiger partial charge on any atom is -0.478 e. The summed E-state index contributed by atoms with van der Waals surface area (Å²) >= 11 is 5.76. The number of halogens is 1. The first-order valence-electron chi connectivity index (χ1n) is 5.62. The Balaban J connectivity index is 2.19. The van der Waals surface area contributed by atoms with Gasteiger partial charge in [0.25, 0.3) is 0 Å². The van der Waals surface area contributed by atoms with Crippen molar-refractivity contribution < 1.29 is 9.90 Å². The Morgan fingerprint density at radius 3 is 3.00 bits per heavy atom. The number of pyridine rings is 1. The van der Waals surface area contributed by atoms with Crippen LogP contribution in [0.5, 0.6) is 0 Å². The molecular weight excluding hydrogens is 270 g/mol. The Hall–Kier alpha value is -2.15. The molecule has 0 spiro atoms. The minimum atomic E-state index is -1.07. The summed E-state index contributed by atoms with van der Waals surface area (Å²) in [5.41, 5.74) is 0.0620. The average molecular weight is 282 g/mol. The fourth-order valence-corrected chi connectivity index (χ4v) is 1.73. The van der Waals surface area contributed by atoms with Crippen molar-refractivity contribution in [1.29, 1.82) is 0 Å². The Morgan fingerprint density at radius 2 is 2.32 bits per heavy atom. The summed E-state index contributed by atoms with van der Waals surface area (Å²) in [7, 11) is 0. The second kappa shape index (κ2) is 5.66. The number of carboxylic acid groups (broad SMARTS) is 1. The number of carboxylic acids is 1. The lowest BCUT2D eigenvalue weighted by Crippen LogP contribution is -2.11. The molecule has 7 nitrogen and oxygen atoms in total. The minimum absolute atomic E-state index is 0.0620. The lowest BCUT2D eigenvalue weighted by atomic mass is 10.2. The van der Waals surface area contributed by atoms with E-state index in [2.05, 4.69) is 20.5 Å². The van der Waals surface area contributed by atoms with Gasteiger partial charge in [0.2, 0.25) is 0 Å². The van der Waals surface area contributed by atoms with E-state index in [9.17, 15) is 4.79 Å². The molecule has 19 heavy (non-hydrogen) atoms. The third-order valence-corrected chi connectivity index (χ3v) is 2.75. The van der Waals surface area contributed by atoms with Crippen molar-refractivity contribution in [2.24, 2.45) is 0 Å². The molecular formula is C11H12ClN5O2. The second-order valence-corrected chi connectivity index (χ2v) is 4.11. The maximum atomic E-state index is 11.1. The number of nitrogens with one attached hydrogen (secondary N) is 1. The van der Waals surface area contributed by atoms with Crippen LogP contribution < -0.4 is 5.32 Å². The number of rotatable bonds is 5. The van der Waals surface area contributed by atoms with Gasteiger partial charge in [-0.3, -0.25) is 0 Å². The fourth-order valence-electron chi connectivity index (χ4n) is 1.59. The Labute approximate surface area is 114 Å². The first kappa shape index (κ1) is 13.3. The summed E-state index contributed by atoms with van der Waals surface area (Å²) in [5.74, 6) is -0.158. The van der Waals surface area contributed by atoms with E-state index in [0.29, 0.717) is 12.4 Å². The molecule has 0 amide bonds. The number of hydrogen-bond acceptors (Lipinski definition) is 5. The zero-order valence-electron chi connectivity index (χ0n) is 10.2. The van der Waals surface area contributed by atoms with Gasteiger partial charge in [-0.25, -0.2) is 9.78 Å². The number of anilines is 1. The van der Waals surface area contributed by atoms with Gasteiger partial charge in [0.1, 0.15) is 22.9 Å². The highest BCUT2D eigenvalue weighted by molar-refractivity contribution is 6.29. The molecule has 2 rings (SSSR count). The number of aromatic nitrogens is 4. The zero-order valence-corrected chi connectivity index (χ0v) is 10.9. The van der Waals surface area contributed by atoms with Crippen LogP contribution in [-0.2, 0) is 13.1 Å². The first-order chi connectivity index (χ1) is 9.11. The quantitative estimate of drug-likeness (QED) is 0.810. The highest BCUT2D eigenvalue weighted by Crippen LogP contribution is 2.17. The summed E-state index contributed by atoms with van der Waals surface area (Å²) < 4.78 is 1.85. The number of carbonyl (C=O) groups is 1. The van der Waals surface area contributed by atoms with E-state index >= 15 is 0 Å². The number of hydrogen-bond donors (Lipinski definition) is 2. The Morgan fingerprint density at radius 1 is 1.53 bits per heavy atom. The van der Waals surface area contributed by atoms with E-state index in [1.807, 2.05) is 11.5 Å². The molecule has 0 saturated heterocycles. The molecule has 2 aromatic rings. The molecule has 0 aliphatic rings. The topological polar surface area (TPSA) is 92.9 Å². The van der Waals surface area contributed by atoms with Crippen LogP contribution in [0.4, 0.5) is 5.82 Å². The molecule has 0 radical (unpaired) electrons. The lowest BCUT2D eigenvalue weighted by Gasteiger charge is -2.09. The van der Waals surface area contributed by atoms with Crippen LogP contribution in [0.25, 0.3) is 0 Å². The predicted octanol–water partition coefficient (Wildman–Crippen LogP) is 1.66. The van der Waals surface area contributed by atoms with Crippen molar-refractivity contribution in [2.45, 2.75) is 20.0 Å². The van der Waals surface area contributed by atoms with Crippen molar-refractivity contribution >= 4 is 23.4 Å². The van der Waals surface area contributed by atoms with E-state index in [0.717, 1.165) is 6.54 Å². The first-order valence-corrected chi connectivity index (χ1v) is 6.00. The fraction of sp³-hybridized carbons (Fsp3) is 0.273. The van der Waals surface area contributed by atoms with Crippen LogP contribution in [0, 0.1) is 0 Å². The molecule has 0 saturated carbocycles. The lowest BCUT2D eigenvalue weighted by molar-refractivity contribution is 0.0697. The molecule has 0 aliphatic carbocycles. The van der Waals surface area contributed by atoms with E-state index < -0.39 is 5.97 Å². The highest BCUT2D eigenvalue weighted by atomic mass is 35.5. The van der Waals surface area contributed by atoms with Crippen LogP contribution in [-0.4, -0.2) is 30.8 Å². The summed E-state index contributed by atoms with van der Waals surface area (Å²) in [6.45, 7) is 3.02. The SMILES string of the molecule is CCn1cnnc1CNc1nc(Cl)ccc1C(=O)O. The van der Waals surface area contributed by atoms with E-state index in [4.69, 9.17) is 16.7 Å². The molecule has 100 valence electrons. The summed E-state index contributed by atoms with van der Waals surface area (Å²) in [6, 6.07) is 2.84. The summed E-state index contributed by atoms with van der Waals surface area (Å²) in [5, 5.41) is 19.9. The van der Waals surface area contributed by atoms with Crippen LogP contribution >= 0.6 is 11.6 Å². The third kappa shape index (κ3) is 3.00. The maximum Gasteiger partial charge on any atom is 0.339 e. The average Bonchev–Trinajstić information content (AvgIpc) is 2.83. The number of aromatic carboxylic acids is 1. The second-order valence-electron chi connectivity index (χ2n) is 3.72. The van der Waals surface area contributed by atoms with Crippen LogP contribution in [0.2, 0.25) is 5.15 Å². The molecule has 0 atom stereocenters. The van der Waals surface area contributed by atoms with E-state index in [-0.39, 0.29) is 16.5 Å². The van der Waals surface area contributed by atoms with Crippen molar-refractivity contribution in [3.05, 3.63) is 35.0 Å². The molecule has 2 aromatic heterocycles. The van der Waals surface area contributed by atoms with E-state index in [1.54, 1.807) is 6.33 Å². The van der Waals surface area contributed by atoms with Crippen LogP contribution in [0.3, 0.4) is 0 Å². The van der Waals surface area contributed by atoms with Crippen LogP contribution in [0.1, 0.15) is 23.1 Å². The molecule has 0 bridgehead atoms. The molecule has 2 N–H and O–H groups in total. The van der Waals surface area contributed by atoms with Gasteiger partial charge < -0.3 is 15.0 Å². The van der Waals surface area contributed by atoms with Crippen molar-refractivity contribution in [3.8, 4) is 0 Å². The highest BCUT2D eigenvalue weighted by Gasteiger charge is 2.12. The summed E-state index contributed by atoms with van der Waals surface area (Å²) in [6.07, 6.45) is 1.61. The van der Waals surface area contributed by atoms with Gasteiger partial charge in [0, 0.05) is 6.54 Å². The van der Waals surface area contributed by atoms with Gasteiger partial charge in [-0.1, -0.05) is 11.6 Å². The molecule has 0 fully saturated rings. The van der Waals surface area contributed by atoms with E-state index in [1.165, 1.54) is 12.1 Å². The normalized spacial score (nSPS) is 10.4. The van der Waals surface area contributed by atoms with Crippen molar-refractivity contribution in [3.63, 3.8) is 0 Å². The molecule has 0 unspecified atom stereocenters. The van der Waals surface area contributed by atoms with Gasteiger partial charge in [0.05, 0.1) is 6.54 Å². The molecule has 2 heterocycles. The number of aryl methyl sites for hydroxylation is 1. The smallest absolute Gasteiger partial charge is 0.339 e. The zero-order chi connectivity index (χ0) is 13.8. The van der Waals surface area contributed by atoms with Gasteiger partial charge in [-0.15, -0.1) is 10.2 Å². The molecule has 0 aromatic carbocycles. The van der Waals surface area contributed by atoms with Crippen molar-refractivity contribution in [1.82, 2.24) is 19.7 Å². The molecule has 0 aliphatic heterocycles. The number of nitrogens with zero attached hydrogens (tertiary/aromatic N) is 4. The maximum absolute atomic E-state index is 11.1. The predicted molar refractivity (Wildman–Crippen MR) is 69.2 cm³/mol. The Bertz CT molecular complexity index is 599.